The van der Waals surface area contributed by atoms with Gasteiger partial charge in [0.2, 0.25) is 0 Å². The molecule has 0 radical (unpaired) electrons. The summed E-state index contributed by atoms with van der Waals surface area (Å²) >= 11 is 1.35. The third kappa shape index (κ3) is 5.19. The number of amides is 1. The third-order valence-corrected chi connectivity index (χ3v) is 7.97. The van der Waals surface area contributed by atoms with Crippen molar-refractivity contribution in [2.24, 2.45) is 5.92 Å². The molecule has 7 nitrogen and oxygen atoms in total. The van der Waals surface area contributed by atoms with Crippen molar-refractivity contribution in [3.8, 4) is 11.5 Å². The highest BCUT2D eigenvalue weighted by Gasteiger charge is 2.48. The van der Waals surface area contributed by atoms with Crippen LogP contribution in [0.3, 0.4) is 0 Å². The van der Waals surface area contributed by atoms with Crippen molar-refractivity contribution in [1.29, 1.82) is 0 Å². The lowest BCUT2D eigenvalue weighted by molar-refractivity contribution is -0.132. The van der Waals surface area contributed by atoms with Crippen molar-refractivity contribution in [3.63, 3.8) is 0 Å². The molecule has 0 spiro atoms. The first-order valence-electron chi connectivity index (χ1n) is 13.2. The number of aliphatic hydroxyl groups excluding tert-OH is 1. The zero-order valence-electron chi connectivity index (χ0n) is 23.2. The van der Waals surface area contributed by atoms with E-state index in [1.165, 1.54) is 16.2 Å². The first kappa shape index (κ1) is 27.4. The SMILES string of the molecule is COc1ccc(C(O)=C2C(=O)C(=O)N(c3nc4c(C)cc(C)cc4s3)C2c2cccc(OCCC(C)C)c2)cc1. The number of nitrogens with zero attached hydrogens (tertiary/aromatic N) is 2. The van der Waals surface area contributed by atoms with E-state index in [2.05, 4.69) is 13.8 Å². The molecule has 1 amide bonds. The van der Waals surface area contributed by atoms with Crippen LogP contribution in [0, 0.1) is 19.8 Å². The van der Waals surface area contributed by atoms with Crippen LogP contribution in [-0.4, -0.2) is 35.5 Å². The van der Waals surface area contributed by atoms with Crippen LogP contribution >= 0.6 is 11.3 Å². The minimum atomic E-state index is -0.891. The van der Waals surface area contributed by atoms with E-state index < -0.39 is 17.7 Å². The number of ether oxygens (including phenoxy) is 2. The van der Waals surface area contributed by atoms with Gasteiger partial charge in [0.25, 0.3) is 5.78 Å². The fourth-order valence-electron chi connectivity index (χ4n) is 4.90. The molecule has 1 aliphatic heterocycles. The molecule has 0 bridgehead atoms. The maximum absolute atomic E-state index is 13.6. The van der Waals surface area contributed by atoms with Gasteiger partial charge < -0.3 is 14.6 Å². The average Bonchev–Trinajstić information content (AvgIpc) is 3.46. The Hall–Kier alpha value is -4.17. The number of Topliss-reactive ketones (excluding diaryl/α,β-unsaturated/α-hetero) is 1. The van der Waals surface area contributed by atoms with Crippen LogP contribution in [0.4, 0.5) is 5.13 Å². The average molecular weight is 557 g/mol. The van der Waals surface area contributed by atoms with Gasteiger partial charge >= 0.3 is 5.91 Å². The highest BCUT2D eigenvalue weighted by molar-refractivity contribution is 7.22. The number of methoxy groups -OCH3 is 1. The van der Waals surface area contributed by atoms with Gasteiger partial charge in [0.05, 0.1) is 35.5 Å². The van der Waals surface area contributed by atoms with E-state index in [9.17, 15) is 14.7 Å². The van der Waals surface area contributed by atoms with Crippen molar-refractivity contribution >= 4 is 44.1 Å². The topological polar surface area (TPSA) is 89.0 Å². The van der Waals surface area contributed by atoms with Crippen LogP contribution in [0.1, 0.15) is 48.6 Å². The number of anilines is 1. The number of hydrogen-bond acceptors (Lipinski definition) is 7. The zero-order valence-corrected chi connectivity index (χ0v) is 24.0. The smallest absolute Gasteiger partial charge is 0.301 e. The summed E-state index contributed by atoms with van der Waals surface area (Å²) in [5.41, 5.74) is 3.91. The van der Waals surface area contributed by atoms with Crippen LogP contribution in [0.15, 0.2) is 66.2 Å². The zero-order chi connectivity index (χ0) is 28.6. The summed E-state index contributed by atoms with van der Waals surface area (Å²) in [6.45, 7) is 8.80. The molecule has 1 saturated heterocycles. The van der Waals surface area contributed by atoms with Gasteiger partial charge in [0.15, 0.2) is 5.13 Å². The molecule has 1 N–H and O–H groups in total. The largest absolute Gasteiger partial charge is 0.507 e. The maximum Gasteiger partial charge on any atom is 0.301 e. The van der Waals surface area contributed by atoms with Crippen molar-refractivity contribution < 1.29 is 24.2 Å². The van der Waals surface area contributed by atoms with Crippen molar-refractivity contribution in [1.82, 2.24) is 4.98 Å². The Morgan fingerprint density at radius 2 is 1.80 bits per heavy atom. The lowest BCUT2D eigenvalue weighted by atomic mass is 9.95. The molecule has 8 heteroatoms. The summed E-state index contributed by atoms with van der Waals surface area (Å²) in [6, 6.07) is 17.2. The van der Waals surface area contributed by atoms with Gasteiger partial charge in [-0.2, -0.15) is 0 Å². The van der Waals surface area contributed by atoms with Gasteiger partial charge in [-0.3, -0.25) is 14.5 Å². The molecule has 0 saturated carbocycles. The second-order valence-electron chi connectivity index (χ2n) is 10.4. The van der Waals surface area contributed by atoms with Crippen LogP contribution in [-0.2, 0) is 9.59 Å². The summed E-state index contributed by atoms with van der Waals surface area (Å²) in [6.07, 6.45) is 0.893. The number of ketones is 1. The number of aliphatic hydroxyl groups is 1. The maximum atomic E-state index is 13.6. The van der Waals surface area contributed by atoms with Crippen molar-refractivity contribution in [2.45, 2.75) is 40.2 Å². The minimum Gasteiger partial charge on any atom is -0.507 e. The molecule has 1 unspecified atom stereocenters. The molecule has 2 heterocycles. The van der Waals surface area contributed by atoms with Crippen molar-refractivity contribution in [2.75, 3.05) is 18.6 Å². The number of rotatable bonds is 8. The first-order valence-corrected chi connectivity index (χ1v) is 14.1. The summed E-state index contributed by atoms with van der Waals surface area (Å²) in [7, 11) is 1.55. The number of benzene rings is 3. The highest BCUT2D eigenvalue weighted by Crippen LogP contribution is 2.45. The molecule has 5 rings (SSSR count). The Bertz CT molecular complexity index is 1620. The highest BCUT2D eigenvalue weighted by atomic mass is 32.1. The number of carbonyl (C=O) groups excluding carboxylic acids is 2. The molecule has 0 aliphatic carbocycles. The Morgan fingerprint density at radius 3 is 2.50 bits per heavy atom. The molecular weight excluding hydrogens is 524 g/mol. The first-order chi connectivity index (χ1) is 19.2. The van der Waals surface area contributed by atoms with Crippen LogP contribution in [0.25, 0.3) is 16.0 Å². The fourth-order valence-corrected chi connectivity index (χ4v) is 6.07. The van der Waals surface area contributed by atoms with Gasteiger partial charge in [0.1, 0.15) is 17.3 Å². The van der Waals surface area contributed by atoms with E-state index in [4.69, 9.17) is 14.5 Å². The number of aromatic nitrogens is 1. The van der Waals surface area contributed by atoms with Gasteiger partial charge in [-0.15, -0.1) is 0 Å². The van der Waals surface area contributed by atoms with Gasteiger partial charge in [-0.1, -0.05) is 43.4 Å². The second-order valence-corrected chi connectivity index (χ2v) is 11.4. The van der Waals surface area contributed by atoms with Crippen molar-refractivity contribution in [3.05, 3.63) is 88.5 Å². The Labute approximate surface area is 237 Å². The molecule has 1 fully saturated rings. The summed E-state index contributed by atoms with van der Waals surface area (Å²) < 4.78 is 12.2. The van der Waals surface area contributed by atoms with Crippen LogP contribution in [0.5, 0.6) is 11.5 Å². The van der Waals surface area contributed by atoms with Crippen LogP contribution in [0.2, 0.25) is 0 Å². The monoisotopic (exact) mass is 556 g/mol. The molecule has 4 aromatic rings. The lowest BCUT2D eigenvalue weighted by Gasteiger charge is -2.23. The van der Waals surface area contributed by atoms with Gasteiger partial charge in [-0.25, -0.2) is 4.98 Å². The third-order valence-electron chi connectivity index (χ3n) is 6.97. The predicted octanol–water partition coefficient (Wildman–Crippen LogP) is 6.97. The summed E-state index contributed by atoms with van der Waals surface area (Å²) in [5.74, 6) is -0.0289. The molecule has 1 aromatic heterocycles. The number of carbonyl (C=O) groups is 2. The standard InChI is InChI=1S/C32H32N2O5S/c1-18(2)13-14-39-24-8-6-7-22(17-24)28-26(29(35)21-9-11-23(38-5)12-10-21)30(36)31(37)34(28)32-33-27-20(4)15-19(3)16-25(27)40-32/h6-12,15-18,28,35H,13-14H2,1-5H3. The van der Waals surface area contributed by atoms with Gasteiger partial charge in [-0.05, 0) is 85.3 Å². The van der Waals surface area contributed by atoms with E-state index in [1.807, 2.05) is 50.2 Å². The summed E-state index contributed by atoms with van der Waals surface area (Å²) in [4.78, 5) is 33.4. The van der Waals surface area contributed by atoms with Crippen LogP contribution < -0.4 is 14.4 Å². The van der Waals surface area contributed by atoms with Gasteiger partial charge in [0, 0.05) is 5.56 Å². The number of aryl methyl sites for hydroxylation is 2. The van der Waals surface area contributed by atoms with E-state index in [0.29, 0.717) is 40.3 Å². The number of fused-ring (bicyclic) bond motifs is 1. The predicted molar refractivity (Wildman–Crippen MR) is 158 cm³/mol. The normalized spacial score (nSPS) is 16.8. The van der Waals surface area contributed by atoms with E-state index in [-0.39, 0.29) is 11.3 Å². The fraction of sp³-hybridized carbons (Fsp3) is 0.281. The number of hydrogen-bond donors (Lipinski definition) is 1. The molecule has 1 aliphatic rings. The molecule has 40 heavy (non-hydrogen) atoms. The minimum absolute atomic E-state index is 0.00153. The number of thiazole rings is 1. The molecule has 206 valence electrons. The Morgan fingerprint density at radius 1 is 1.05 bits per heavy atom. The quantitative estimate of drug-likeness (QED) is 0.143. The van der Waals surface area contributed by atoms with E-state index in [0.717, 1.165) is 27.8 Å². The molecular formula is C32H32N2O5S. The Balaban J connectivity index is 1.66. The van der Waals surface area contributed by atoms with E-state index >= 15 is 0 Å². The summed E-state index contributed by atoms with van der Waals surface area (Å²) in [5, 5.41) is 11.9. The molecule has 1 atom stereocenters. The Kier molecular flexibility index (Phi) is 7.63. The lowest BCUT2D eigenvalue weighted by Crippen LogP contribution is -2.29. The second kappa shape index (κ2) is 11.1. The molecule has 3 aromatic carbocycles. The van der Waals surface area contributed by atoms with E-state index in [1.54, 1.807) is 31.4 Å².